The van der Waals surface area contributed by atoms with Crippen molar-refractivity contribution in [2.45, 2.75) is 0 Å². The van der Waals surface area contributed by atoms with Crippen molar-refractivity contribution in [3.8, 4) is 27.7 Å². The zero-order valence-corrected chi connectivity index (χ0v) is 15.0. The van der Waals surface area contributed by atoms with Gasteiger partial charge in [0.15, 0.2) is 5.82 Å². The molecule has 0 aliphatic carbocycles. The van der Waals surface area contributed by atoms with Gasteiger partial charge in [0.2, 0.25) is 4.96 Å². The van der Waals surface area contributed by atoms with Crippen LogP contribution in [0.25, 0.3) is 26.9 Å². The van der Waals surface area contributed by atoms with E-state index in [9.17, 15) is 0 Å². The van der Waals surface area contributed by atoms with E-state index in [1.54, 1.807) is 11.6 Å². The molecule has 0 unspecified atom stereocenters. The molecule has 2 heterocycles. The first-order chi connectivity index (χ1) is 12.2. The quantitative estimate of drug-likeness (QED) is 0.562. The summed E-state index contributed by atoms with van der Waals surface area (Å²) in [7, 11) is 5.70. The molecule has 0 spiro atoms. The minimum atomic E-state index is 0.708. The van der Waals surface area contributed by atoms with Crippen LogP contribution in [0.2, 0.25) is 0 Å². The monoisotopic (exact) mass is 351 g/mol. The van der Waals surface area contributed by atoms with Crippen molar-refractivity contribution in [3.63, 3.8) is 0 Å². The first-order valence-electron chi connectivity index (χ1n) is 7.80. The smallest absolute Gasteiger partial charge is 0.235 e. The van der Waals surface area contributed by atoms with Gasteiger partial charge in [-0.3, -0.25) is 0 Å². The van der Waals surface area contributed by atoms with Crippen LogP contribution in [-0.2, 0) is 0 Å². The molecule has 0 bridgehead atoms. The van der Waals surface area contributed by atoms with Crippen molar-refractivity contribution in [1.29, 1.82) is 0 Å². The van der Waals surface area contributed by atoms with E-state index in [1.807, 2.05) is 44.4 Å². The first-order valence-corrected chi connectivity index (χ1v) is 8.62. The highest BCUT2D eigenvalue weighted by molar-refractivity contribution is 7.19. The Balaban J connectivity index is 1.79. The summed E-state index contributed by atoms with van der Waals surface area (Å²) in [6.07, 6.45) is 0. The van der Waals surface area contributed by atoms with Gasteiger partial charge in [0.25, 0.3) is 0 Å². The number of aromatic nitrogens is 4. The molecular formula is C18H17N5OS. The molecule has 0 saturated heterocycles. The Bertz CT molecular complexity index is 1040. The van der Waals surface area contributed by atoms with Gasteiger partial charge in [-0.1, -0.05) is 35.6 Å². The number of hydrogen-bond donors (Lipinski definition) is 0. The third-order valence-corrected chi connectivity index (χ3v) is 4.88. The van der Waals surface area contributed by atoms with E-state index in [2.05, 4.69) is 33.3 Å². The number of nitrogens with zero attached hydrogens (tertiary/aromatic N) is 5. The van der Waals surface area contributed by atoms with Crippen LogP contribution in [0.15, 0.2) is 48.5 Å². The number of benzene rings is 2. The lowest BCUT2D eigenvalue weighted by atomic mass is 10.2. The molecular weight excluding hydrogens is 334 g/mol. The predicted molar refractivity (Wildman–Crippen MR) is 100 cm³/mol. The van der Waals surface area contributed by atoms with E-state index < -0.39 is 0 Å². The maximum Gasteiger partial charge on any atom is 0.235 e. The predicted octanol–water partition coefficient (Wildman–Crippen LogP) is 3.59. The van der Waals surface area contributed by atoms with Gasteiger partial charge in [0, 0.05) is 30.9 Å². The lowest BCUT2D eigenvalue weighted by Gasteiger charge is -2.12. The van der Waals surface area contributed by atoms with Crippen LogP contribution in [0.4, 0.5) is 5.69 Å². The molecule has 0 aliphatic rings. The summed E-state index contributed by atoms with van der Waals surface area (Å²) in [5.41, 5.74) is 3.13. The molecule has 4 rings (SSSR count). The third kappa shape index (κ3) is 2.83. The minimum Gasteiger partial charge on any atom is -0.497 e. The summed E-state index contributed by atoms with van der Waals surface area (Å²) in [6, 6.07) is 16.0. The van der Waals surface area contributed by atoms with Gasteiger partial charge in [0.05, 0.1) is 7.11 Å². The first kappa shape index (κ1) is 15.6. The van der Waals surface area contributed by atoms with Gasteiger partial charge in [-0.05, 0) is 24.3 Å². The Labute approximate surface area is 149 Å². The molecule has 2 aromatic heterocycles. The van der Waals surface area contributed by atoms with Crippen molar-refractivity contribution in [2.24, 2.45) is 0 Å². The molecule has 0 radical (unpaired) electrons. The van der Waals surface area contributed by atoms with Crippen LogP contribution in [0.1, 0.15) is 0 Å². The fraction of sp³-hybridized carbons (Fsp3) is 0.167. The number of fused-ring (bicyclic) bond motifs is 1. The zero-order valence-electron chi connectivity index (χ0n) is 14.2. The van der Waals surface area contributed by atoms with Gasteiger partial charge in [-0.25, -0.2) is 0 Å². The van der Waals surface area contributed by atoms with E-state index in [-0.39, 0.29) is 0 Å². The molecule has 25 heavy (non-hydrogen) atoms. The molecule has 126 valence electrons. The number of ether oxygens (including phenoxy) is 1. The SMILES string of the molecule is COc1cccc(-c2nnc3sc(-c4cccc(N(C)C)c4)nn23)c1. The van der Waals surface area contributed by atoms with Crippen LogP contribution in [0.3, 0.4) is 0 Å². The summed E-state index contributed by atoms with van der Waals surface area (Å²) in [4.78, 5) is 2.84. The lowest BCUT2D eigenvalue weighted by molar-refractivity contribution is 0.415. The normalized spacial score (nSPS) is 11.0. The van der Waals surface area contributed by atoms with E-state index in [0.717, 1.165) is 32.5 Å². The molecule has 6 nitrogen and oxygen atoms in total. The maximum absolute atomic E-state index is 5.30. The van der Waals surface area contributed by atoms with E-state index >= 15 is 0 Å². The molecule has 0 saturated carbocycles. The van der Waals surface area contributed by atoms with Gasteiger partial charge in [-0.15, -0.1) is 10.2 Å². The average Bonchev–Trinajstić information content (AvgIpc) is 3.22. The molecule has 0 fully saturated rings. The van der Waals surface area contributed by atoms with E-state index in [1.165, 1.54) is 11.3 Å². The van der Waals surface area contributed by atoms with Crippen LogP contribution in [0, 0.1) is 0 Å². The topological polar surface area (TPSA) is 55.6 Å². The van der Waals surface area contributed by atoms with Crippen LogP contribution < -0.4 is 9.64 Å². The zero-order chi connectivity index (χ0) is 17.4. The highest BCUT2D eigenvalue weighted by atomic mass is 32.1. The third-order valence-electron chi connectivity index (χ3n) is 3.93. The van der Waals surface area contributed by atoms with Crippen LogP contribution in [0.5, 0.6) is 5.75 Å². The average molecular weight is 351 g/mol. The van der Waals surface area contributed by atoms with Crippen molar-refractivity contribution >= 4 is 22.0 Å². The second kappa shape index (κ2) is 6.18. The van der Waals surface area contributed by atoms with E-state index in [0.29, 0.717) is 5.82 Å². The highest BCUT2D eigenvalue weighted by Gasteiger charge is 2.15. The standard InChI is InChI=1S/C18H17N5OS/c1-22(2)14-8-4-7-13(10-14)17-21-23-16(19-20-18(23)25-17)12-6-5-9-15(11-12)24-3/h4-11H,1-3H3. The Morgan fingerprint density at radius 3 is 2.60 bits per heavy atom. The molecule has 0 aliphatic heterocycles. The number of anilines is 1. The maximum atomic E-state index is 5.30. The summed E-state index contributed by atoms with van der Waals surface area (Å²) in [5.74, 6) is 1.49. The van der Waals surface area contributed by atoms with Gasteiger partial charge in [-0.2, -0.15) is 9.61 Å². The minimum absolute atomic E-state index is 0.708. The van der Waals surface area contributed by atoms with Crippen molar-refractivity contribution < 1.29 is 4.74 Å². The van der Waals surface area contributed by atoms with Crippen LogP contribution in [-0.4, -0.2) is 41.0 Å². The Hall–Kier alpha value is -2.93. The number of rotatable bonds is 4. The fourth-order valence-corrected chi connectivity index (χ4v) is 3.43. The van der Waals surface area contributed by atoms with Crippen molar-refractivity contribution in [1.82, 2.24) is 19.8 Å². The molecule has 4 aromatic rings. The largest absolute Gasteiger partial charge is 0.497 e. The lowest BCUT2D eigenvalue weighted by Crippen LogP contribution is -2.08. The van der Waals surface area contributed by atoms with Gasteiger partial charge < -0.3 is 9.64 Å². The Morgan fingerprint density at radius 1 is 1.00 bits per heavy atom. The second-order valence-electron chi connectivity index (χ2n) is 5.80. The van der Waals surface area contributed by atoms with Crippen molar-refractivity contribution in [3.05, 3.63) is 48.5 Å². The van der Waals surface area contributed by atoms with Gasteiger partial charge in [0.1, 0.15) is 10.8 Å². The Morgan fingerprint density at radius 2 is 1.80 bits per heavy atom. The second-order valence-corrected chi connectivity index (χ2v) is 6.76. The van der Waals surface area contributed by atoms with Gasteiger partial charge >= 0.3 is 0 Å². The number of hydrogen-bond acceptors (Lipinski definition) is 6. The summed E-state index contributed by atoms with van der Waals surface area (Å²) >= 11 is 1.52. The summed E-state index contributed by atoms with van der Waals surface area (Å²) < 4.78 is 7.08. The Kier molecular flexibility index (Phi) is 3.85. The van der Waals surface area contributed by atoms with Crippen LogP contribution >= 0.6 is 11.3 Å². The molecule has 0 atom stereocenters. The number of methoxy groups -OCH3 is 1. The highest BCUT2D eigenvalue weighted by Crippen LogP contribution is 2.30. The fourth-order valence-electron chi connectivity index (χ4n) is 2.59. The summed E-state index contributed by atoms with van der Waals surface area (Å²) in [5, 5.41) is 14.2. The molecule has 0 N–H and O–H groups in total. The summed E-state index contributed by atoms with van der Waals surface area (Å²) in [6.45, 7) is 0. The van der Waals surface area contributed by atoms with E-state index in [4.69, 9.17) is 9.84 Å². The van der Waals surface area contributed by atoms with Crippen molar-refractivity contribution in [2.75, 3.05) is 26.1 Å². The molecule has 7 heteroatoms. The molecule has 2 aromatic carbocycles. The molecule has 0 amide bonds.